The predicted molar refractivity (Wildman–Crippen MR) is 99.0 cm³/mol. The Hall–Kier alpha value is -1.65. The average Bonchev–Trinajstić information content (AvgIpc) is 2.63. The van der Waals surface area contributed by atoms with E-state index in [1.54, 1.807) is 14.0 Å². The van der Waals surface area contributed by atoms with Crippen molar-refractivity contribution in [2.24, 2.45) is 0 Å². The van der Waals surface area contributed by atoms with Gasteiger partial charge in [-0.05, 0) is 0 Å². The molecule has 0 unspecified atom stereocenters. The van der Waals surface area contributed by atoms with Crippen molar-refractivity contribution in [2.75, 3.05) is 13.7 Å². The van der Waals surface area contributed by atoms with Gasteiger partial charge in [-0.25, -0.2) is 0 Å². The first-order valence-corrected chi connectivity index (χ1v) is 10.1. The van der Waals surface area contributed by atoms with Crippen LogP contribution in [0, 0.1) is 0 Å². The fourth-order valence-corrected chi connectivity index (χ4v) is 5.28. The van der Waals surface area contributed by atoms with E-state index in [9.17, 15) is 9.90 Å². The molecule has 0 radical (unpaired) electrons. The van der Waals surface area contributed by atoms with Crippen molar-refractivity contribution in [2.45, 2.75) is 30.4 Å². The number of carbonyl (C=O) groups excluding carboxylic acids is 1. The summed E-state index contributed by atoms with van der Waals surface area (Å²) in [4.78, 5) is 11.6. The SMILES string of the molecule is CCOC(=O)C[C@@H](O)[C@H]([Se]c1ccccc1)[C@H](OC)c1ccccc1. The Morgan fingerprint density at radius 3 is 2.24 bits per heavy atom. The Morgan fingerprint density at radius 1 is 1.08 bits per heavy atom. The van der Waals surface area contributed by atoms with Gasteiger partial charge in [0, 0.05) is 0 Å². The molecule has 0 aliphatic rings. The van der Waals surface area contributed by atoms with E-state index in [4.69, 9.17) is 9.47 Å². The van der Waals surface area contributed by atoms with E-state index >= 15 is 0 Å². The van der Waals surface area contributed by atoms with E-state index in [-0.39, 0.29) is 38.3 Å². The van der Waals surface area contributed by atoms with Gasteiger partial charge < -0.3 is 0 Å². The van der Waals surface area contributed by atoms with Crippen molar-refractivity contribution in [1.82, 2.24) is 0 Å². The van der Waals surface area contributed by atoms with E-state index in [1.807, 2.05) is 60.7 Å². The van der Waals surface area contributed by atoms with Crippen molar-refractivity contribution in [3.05, 3.63) is 66.2 Å². The molecule has 1 N–H and O–H groups in total. The van der Waals surface area contributed by atoms with Crippen LogP contribution in [0.25, 0.3) is 0 Å². The van der Waals surface area contributed by atoms with E-state index in [1.165, 1.54) is 0 Å². The van der Waals surface area contributed by atoms with Crippen molar-refractivity contribution in [1.29, 1.82) is 0 Å². The summed E-state index contributed by atoms with van der Waals surface area (Å²) in [5.74, 6) is -0.383. The number of rotatable bonds is 9. The van der Waals surface area contributed by atoms with Gasteiger partial charge in [-0.1, -0.05) is 0 Å². The molecule has 0 heterocycles. The first-order valence-electron chi connectivity index (χ1n) is 8.28. The molecular weight excluding hydrogens is 383 g/mol. The van der Waals surface area contributed by atoms with Gasteiger partial charge in [0.25, 0.3) is 0 Å². The quantitative estimate of drug-likeness (QED) is 0.513. The molecule has 0 aliphatic carbocycles. The van der Waals surface area contributed by atoms with Gasteiger partial charge in [0.15, 0.2) is 0 Å². The second kappa shape index (κ2) is 10.4. The average molecular weight is 407 g/mol. The number of hydrogen-bond donors (Lipinski definition) is 1. The van der Waals surface area contributed by atoms with Crippen LogP contribution in [0.5, 0.6) is 0 Å². The van der Waals surface area contributed by atoms with Gasteiger partial charge in [-0.3, -0.25) is 0 Å². The molecule has 3 atom stereocenters. The van der Waals surface area contributed by atoms with Gasteiger partial charge >= 0.3 is 155 Å². The maximum absolute atomic E-state index is 11.8. The fraction of sp³-hybridized carbons (Fsp3) is 0.350. The molecule has 0 amide bonds. The molecule has 134 valence electrons. The molecule has 4 nitrogen and oxygen atoms in total. The van der Waals surface area contributed by atoms with Gasteiger partial charge in [-0.15, -0.1) is 0 Å². The summed E-state index contributed by atoms with van der Waals surface area (Å²) in [6, 6.07) is 19.8. The summed E-state index contributed by atoms with van der Waals surface area (Å²) in [5.41, 5.74) is 0.996. The molecule has 25 heavy (non-hydrogen) atoms. The maximum atomic E-state index is 11.8. The Kier molecular flexibility index (Phi) is 8.16. The number of methoxy groups -OCH3 is 1. The number of aliphatic hydroxyl groups excluding tert-OH is 1. The summed E-state index contributed by atoms with van der Waals surface area (Å²) in [6.45, 7) is 2.07. The van der Waals surface area contributed by atoms with Crippen LogP contribution < -0.4 is 4.46 Å². The Balaban J connectivity index is 2.25. The predicted octanol–water partition coefficient (Wildman–Crippen LogP) is 2.51. The van der Waals surface area contributed by atoms with Crippen LogP contribution in [0.3, 0.4) is 0 Å². The molecule has 2 rings (SSSR count). The summed E-state index contributed by atoms with van der Waals surface area (Å²) >= 11 is -0.0658. The Bertz CT molecular complexity index is 633. The van der Waals surface area contributed by atoms with E-state index in [2.05, 4.69) is 0 Å². The minimum absolute atomic E-state index is 0.0280. The van der Waals surface area contributed by atoms with Gasteiger partial charge in [0.2, 0.25) is 0 Å². The summed E-state index contributed by atoms with van der Waals surface area (Å²) in [6.07, 6.45) is -1.14. The first kappa shape index (κ1) is 19.7. The number of aliphatic hydroxyl groups is 1. The van der Waals surface area contributed by atoms with Crippen molar-refractivity contribution in [3.63, 3.8) is 0 Å². The zero-order valence-electron chi connectivity index (χ0n) is 14.5. The van der Waals surface area contributed by atoms with Crippen LogP contribution in [0.2, 0.25) is 4.82 Å². The third kappa shape index (κ3) is 5.98. The molecule has 0 spiro atoms. The zero-order chi connectivity index (χ0) is 18.1. The van der Waals surface area contributed by atoms with Gasteiger partial charge in [-0.2, -0.15) is 0 Å². The molecule has 0 saturated heterocycles. The van der Waals surface area contributed by atoms with Crippen LogP contribution in [0.15, 0.2) is 60.7 Å². The molecular formula is C20H24O4Se. The van der Waals surface area contributed by atoms with Crippen molar-refractivity contribution < 1.29 is 19.4 Å². The zero-order valence-corrected chi connectivity index (χ0v) is 16.2. The van der Waals surface area contributed by atoms with E-state index < -0.39 is 6.10 Å². The number of benzene rings is 2. The summed E-state index contributed by atoms with van der Waals surface area (Å²) < 4.78 is 11.9. The molecule has 0 bridgehead atoms. The molecule has 0 saturated carbocycles. The van der Waals surface area contributed by atoms with E-state index in [0.717, 1.165) is 10.0 Å². The van der Waals surface area contributed by atoms with Crippen molar-refractivity contribution in [3.8, 4) is 0 Å². The van der Waals surface area contributed by atoms with Gasteiger partial charge in [0.1, 0.15) is 0 Å². The summed E-state index contributed by atoms with van der Waals surface area (Å²) in [7, 11) is 1.64. The molecule has 2 aromatic rings. The summed E-state index contributed by atoms with van der Waals surface area (Å²) in [5, 5.41) is 10.8. The van der Waals surface area contributed by atoms with Crippen LogP contribution in [-0.4, -0.2) is 45.9 Å². The Morgan fingerprint density at radius 2 is 1.68 bits per heavy atom. The monoisotopic (exact) mass is 408 g/mol. The molecule has 0 aromatic heterocycles. The number of carbonyl (C=O) groups is 1. The standard InChI is InChI=1S/C20H24O4Se/c1-3-24-18(22)14-17(21)20(25-16-12-8-5-9-13-16)19(23-2)15-10-6-4-7-11-15/h4-13,17,19-21H,3,14H2,1-2H3/t17-,19-,20+/m1/s1. The topological polar surface area (TPSA) is 55.8 Å². The third-order valence-electron chi connectivity index (χ3n) is 3.76. The molecule has 0 aliphatic heterocycles. The van der Waals surface area contributed by atoms with Crippen molar-refractivity contribution >= 4 is 25.4 Å². The minimum atomic E-state index is -0.829. The second-order valence-electron chi connectivity index (χ2n) is 5.54. The van der Waals surface area contributed by atoms with Crippen LogP contribution in [0.4, 0.5) is 0 Å². The van der Waals surface area contributed by atoms with Crippen LogP contribution >= 0.6 is 0 Å². The second-order valence-corrected chi connectivity index (χ2v) is 8.16. The fourth-order valence-electron chi connectivity index (χ4n) is 2.61. The number of esters is 1. The number of hydrogen-bond acceptors (Lipinski definition) is 4. The normalized spacial score (nSPS) is 14.5. The molecule has 5 heteroatoms. The van der Waals surface area contributed by atoms with Crippen LogP contribution in [0.1, 0.15) is 25.0 Å². The number of ether oxygens (including phenoxy) is 2. The van der Waals surface area contributed by atoms with Gasteiger partial charge in [0.05, 0.1) is 0 Å². The first-order chi connectivity index (χ1) is 12.2. The molecule has 2 aromatic carbocycles. The third-order valence-corrected chi connectivity index (χ3v) is 6.65. The van der Waals surface area contributed by atoms with Crippen LogP contribution in [-0.2, 0) is 14.3 Å². The molecule has 0 fully saturated rings. The Labute approximate surface area is 155 Å². The van der Waals surface area contributed by atoms with E-state index in [0.29, 0.717) is 6.61 Å².